The summed E-state index contributed by atoms with van der Waals surface area (Å²) in [5.74, 6) is 0.223. The molecule has 2 rings (SSSR count). The van der Waals surface area contributed by atoms with Gasteiger partial charge in [0.05, 0.1) is 18.8 Å². The van der Waals surface area contributed by atoms with Crippen LogP contribution in [-0.2, 0) is 4.74 Å². The van der Waals surface area contributed by atoms with E-state index in [2.05, 4.69) is 11.0 Å². The maximum absolute atomic E-state index is 9.29. The standard InChI is InChI=1S/C13H16N2O2/c1-10-9-15(6-7-17-10)13(8-14)11-2-4-12(16)5-3-11/h2-5,10,13,16H,6-7,9H2,1H3/t10-,13+/m0/s1. The third-order valence-electron chi connectivity index (χ3n) is 2.97. The number of aromatic hydroxyl groups is 1. The molecule has 90 valence electrons. The minimum Gasteiger partial charge on any atom is -0.508 e. The molecule has 1 fully saturated rings. The van der Waals surface area contributed by atoms with E-state index in [-0.39, 0.29) is 17.9 Å². The maximum atomic E-state index is 9.29. The molecular weight excluding hydrogens is 216 g/mol. The Morgan fingerprint density at radius 2 is 2.18 bits per heavy atom. The van der Waals surface area contributed by atoms with Gasteiger partial charge in [0.1, 0.15) is 11.8 Å². The van der Waals surface area contributed by atoms with Crippen molar-refractivity contribution in [3.8, 4) is 11.8 Å². The van der Waals surface area contributed by atoms with E-state index in [1.165, 1.54) is 0 Å². The van der Waals surface area contributed by atoms with Gasteiger partial charge in [-0.25, -0.2) is 0 Å². The fourth-order valence-corrected chi connectivity index (χ4v) is 2.10. The Hall–Kier alpha value is -1.57. The van der Waals surface area contributed by atoms with Crippen LogP contribution >= 0.6 is 0 Å². The monoisotopic (exact) mass is 232 g/mol. The number of nitrogens with zero attached hydrogens (tertiary/aromatic N) is 2. The van der Waals surface area contributed by atoms with Crippen molar-refractivity contribution in [1.82, 2.24) is 4.90 Å². The first-order chi connectivity index (χ1) is 8.20. The Morgan fingerprint density at radius 1 is 1.47 bits per heavy atom. The molecule has 1 aliphatic rings. The molecule has 0 aliphatic carbocycles. The first kappa shape index (κ1) is 11.9. The van der Waals surface area contributed by atoms with E-state index in [0.717, 1.165) is 18.7 Å². The van der Waals surface area contributed by atoms with Crippen LogP contribution in [0.25, 0.3) is 0 Å². The van der Waals surface area contributed by atoms with Crippen LogP contribution in [0.4, 0.5) is 0 Å². The Morgan fingerprint density at radius 3 is 2.76 bits per heavy atom. The van der Waals surface area contributed by atoms with E-state index in [4.69, 9.17) is 4.74 Å². The number of hydrogen-bond acceptors (Lipinski definition) is 4. The van der Waals surface area contributed by atoms with Gasteiger partial charge >= 0.3 is 0 Å². The molecule has 4 nitrogen and oxygen atoms in total. The van der Waals surface area contributed by atoms with E-state index in [1.807, 2.05) is 6.92 Å². The van der Waals surface area contributed by atoms with Crippen molar-refractivity contribution in [2.45, 2.75) is 19.1 Å². The molecule has 1 aromatic rings. The minimum atomic E-state index is -0.262. The summed E-state index contributed by atoms with van der Waals surface area (Å²) >= 11 is 0. The summed E-state index contributed by atoms with van der Waals surface area (Å²) < 4.78 is 5.47. The predicted octanol–water partition coefficient (Wildman–Crippen LogP) is 1.68. The normalized spacial score (nSPS) is 22.9. The number of benzene rings is 1. The molecule has 0 bridgehead atoms. The molecule has 1 heterocycles. The van der Waals surface area contributed by atoms with Crippen LogP contribution in [0.1, 0.15) is 18.5 Å². The zero-order valence-corrected chi connectivity index (χ0v) is 9.84. The zero-order chi connectivity index (χ0) is 12.3. The Labute approximate surface area is 101 Å². The molecule has 1 aliphatic heterocycles. The van der Waals surface area contributed by atoms with Gasteiger partial charge in [-0.1, -0.05) is 12.1 Å². The van der Waals surface area contributed by atoms with Gasteiger partial charge < -0.3 is 9.84 Å². The van der Waals surface area contributed by atoms with Gasteiger partial charge in [-0.2, -0.15) is 5.26 Å². The third kappa shape index (κ3) is 2.76. The van der Waals surface area contributed by atoms with Crippen LogP contribution in [0.5, 0.6) is 5.75 Å². The zero-order valence-electron chi connectivity index (χ0n) is 9.84. The topological polar surface area (TPSA) is 56.5 Å². The maximum Gasteiger partial charge on any atom is 0.124 e. The SMILES string of the molecule is C[C@H]1CN([C@H](C#N)c2ccc(O)cc2)CCO1. The van der Waals surface area contributed by atoms with Crippen molar-refractivity contribution >= 4 is 0 Å². The molecule has 0 unspecified atom stereocenters. The molecule has 0 saturated carbocycles. The van der Waals surface area contributed by atoms with Crippen LogP contribution in [-0.4, -0.2) is 35.8 Å². The van der Waals surface area contributed by atoms with Crippen molar-refractivity contribution in [3.05, 3.63) is 29.8 Å². The summed E-state index contributed by atoms with van der Waals surface area (Å²) in [7, 11) is 0. The molecule has 0 amide bonds. The van der Waals surface area contributed by atoms with E-state index in [0.29, 0.717) is 6.61 Å². The quantitative estimate of drug-likeness (QED) is 0.842. The number of nitriles is 1. The van der Waals surface area contributed by atoms with Crippen LogP contribution < -0.4 is 0 Å². The second-order valence-corrected chi connectivity index (χ2v) is 4.30. The van der Waals surface area contributed by atoms with Gasteiger partial charge in [-0.15, -0.1) is 0 Å². The Bertz CT molecular complexity index is 410. The van der Waals surface area contributed by atoms with Crippen molar-refractivity contribution in [2.24, 2.45) is 0 Å². The van der Waals surface area contributed by atoms with E-state index < -0.39 is 0 Å². The predicted molar refractivity (Wildman–Crippen MR) is 63.4 cm³/mol. The summed E-state index contributed by atoms with van der Waals surface area (Å²) in [5.41, 5.74) is 0.916. The lowest BCUT2D eigenvalue weighted by Crippen LogP contribution is -2.42. The molecule has 4 heteroatoms. The number of rotatable bonds is 2. The van der Waals surface area contributed by atoms with Crippen molar-refractivity contribution in [2.75, 3.05) is 19.7 Å². The smallest absolute Gasteiger partial charge is 0.124 e. The third-order valence-corrected chi connectivity index (χ3v) is 2.97. The lowest BCUT2D eigenvalue weighted by molar-refractivity contribution is -0.0269. The van der Waals surface area contributed by atoms with Gasteiger partial charge in [0.25, 0.3) is 0 Å². The van der Waals surface area contributed by atoms with E-state index >= 15 is 0 Å². The second-order valence-electron chi connectivity index (χ2n) is 4.30. The molecule has 0 spiro atoms. The first-order valence-corrected chi connectivity index (χ1v) is 5.75. The molecule has 17 heavy (non-hydrogen) atoms. The van der Waals surface area contributed by atoms with Crippen LogP contribution in [0.2, 0.25) is 0 Å². The lowest BCUT2D eigenvalue weighted by Gasteiger charge is -2.34. The molecule has 1 N–H and O–H groups in total. The summed E-state index contributed by atoms with van der Waals surface area (Å²) in [5, 5.41) is 18.5. The number of phenols is 1. The largest absolute Gasteiger partial charge is 0.508 e. The summed E-state index contributed by atoms with van der Waals surface area (Å²) in [6, 6.07) is 8.87. The highest BCUT2D eigenvalue weighted by atomic mass is 16.5. The highest BCUT2D eigenvalue weighted by molar-refractivity contribution is 5.30. The molecule has 1 aromatic carbocycles. The van der Waals surface area contributed by atoms with Crippen molar-refractivity contribution < 1.29 is 9.84 Å². The number of ether oxygens (including phenoxy) is 1. The first-order valence-electron chi connectivity index (χ1n) is 5.75. The fourth-order valence-electron chi connectivity index (χ4n) is 2.10. The van der Waals surface area contributed by atoms with Gasteiger partial charge in [0, 0.05) is 13.1 Å². The van der Waals surface area contributed by atoms with Gasteiger partial charge in [-0.05, 0) is 24.6 Å². The average Bonchev–Trinajstić information content (AvgIpc) is 2.33. The molecule has 2 atom stereocenters. The Kier molecular flexibility index (Phi) is 3.62. The van der Waals surface area contributed by atoms with E-state index in [9.17, 15) is 10.4 Å². The highest BCUT2D eigenvalue weighted by Crippen LogP contribution is 2.24. The molecule has 0 radical (unpaired) electrons. The Balaban J connectivity index is 2.16. The molecule has 0 aromatic heterocycles. The lowest BCUT2D eigenvalue weighted by atomic mass is 10.1. The number of morpholine rings is 1. The van der Waals surface area contributed by atoms with E-state index in [1.54, 1.807) is 24.3 Å². The minimum absolute atomic E-state index is 0.164. The summed E-state index contributed by atoms with van der Waals surface area (Å²) in [4.78, 5) is 2.11. The fraction of sp³-hybridized carbons (Fsp3) is 0.462. The van der Waals surface area contributed by atoms with Crippen molar-refractivity contribution in [3.63, 3.8) is 0 Å². The second kappa shape index (κ2) is 5.17. The van der Waals surface area contributed by atoms with Crippen molar-refractivity contribution in [1.29, 1.82) is 5.26 Å². The van der Waals surface area contributed by atoms with Crippen LogP contribution in [0.3, 0.4) is 0 Å². The highest BCUT2D eigenvalue weighted by Gasteiger charge is 2.25. The summed E-state index contributed by atoms with van der Waals surface area (Å²) in [6.45, 7) is 4.21. The van der Waals surface area contributed by atoms with Crippen LogP contribution in [0, 0.1) is 11.3 Å². The molecule has 1 saturated heterocycles. The molecular formula is C13H16N2O2. The number of hydrogen-bond donors (Lipinski definition) is 1. The van der Waals surface area contributed by atoms with Gasteiger partial charge in [0.15, 0.2) is 0 Å². The summed E-state index contributed by atoms with van der Waals surface area (Å²) in [6.07, 6.45) is 0.164. The van der Waals surface area contributed by atoms with Gasteiger partial charge in [-0.3, -0.25) is 4.90 Å². The average molecular weight is 232 g/mol. The number of phenolic OH excluding ortho intramolecular Hbond substituents is 1. The van der Waals surface area contributed by atoms with Gasteiger partial charge in [0.2, 0.25) is 0 Å². The van der Waals surface area contributed by atoms with Crippen LogP contribution in [0.15, 0.2) is 24.3 Å².